The van der Waals surface area contributed by atoms with Crippen LogP contribution in [0.25, 0.3) is 87.2 Å². The molecule has 2 aliphatic rings. The van der Waals surface area contributed by atoms with Crippen molar-refractivity contribution in [3.05, 3.63) is 197 Å². The molecule has 8 aromatic carbocycles. The van der Waals surface area contributed by atoms with E-state index in [4.69, 9.17) is 20.2 Å². The molecule has 0 atom stereocenters. The van der Waals surface area contributed by atoms with Gasteiger partial charge < -0.3 is 0 Å². The van der Waals surface area contributed by atoms with Gasteiger partial charge >= 0.3 is 0 Å². The summed E-state index contributed by atoms with van der Waals surface area (Å²) in [6, 6.07) is 61.9. The second-order valence-electron chi connectivity index (χ2n) is 14.4. The van der Waals surface area contributed by atoms with E-state index in [0.29, 0.717) is 0 Å². The maximum absolute atomic E-state index is 5.30. The van der Waals surface area contributed by atoms with Gasteiger partial charge in [0, 0.05) is 64.0 Å². The van der Waals surface area contributed by atoms with E-state index >= 15 is 0 Å². The lowest BCUT2D eigenvalue weighted by molar-refractivity contribution is 0.879. The summed E-state index contributed by atoms with van der Waals surface area (Å²) in [5.74, 6) is 0. The molecule has 0 spiro atoms. The Balaban J connectivity index is 1.22. The zero-order valence-electron chi connectivity index (χ0n) is 30.4. The number of aromatic nitrogens is 3. The van der Waals surface area contributed by atoms with Gasteiger partial charge in [-0.3, -0.25) is 0 Å². The fourth-order valence-corrected chi connectivity index (χ4v) is 9.97. The van der Waals surface area contributed by atoms with E-state index in [1.54, 1.807) is 0 Å². The predicted octanol–water partition coefficient (Wildman–Crippen LogP) is 12.1. The van der Waals surface area contributed by atoms with Gasteiger partial charge in [-0.1, -0.05) is 140 Å². The quantitative estimate of drug-likeness (QED) is 0.176. The molecule has 0 bridgehead atoms. The molecule has 0 aliphatic carbocycles. The van der Waals surface area contributed by atoms with Crippen molar-refractivity contribution in [2.45, 2.75) is 0 Å². The Labute approximate surface area is 331 Å². The van der Waals surface area contributed by atoms with E-state index in [2.05, 4.69) is 157 Å². The van der Waals surface area contributed by atoms with E-state index in [-0.39, 0.29) is 0 Å². The van der Waals surface area contributed by atoms with Gasteiger partial charge in [-0.15, -0.1) is 21.5 Å². The summed E-state index contributed by atoms with van der Waals surface area (Å²) < 4.78 is 2.52. The third-order valence-corrected chi connectivity index (χ3v) is 12.4. The number of rotatable bonds is 5. The first kappa shape index (κ1) is 31.9. The Hall–Kier alpha value is -7.41. The minimum Gasteiger partial charge on any atom is -0.248 e. The van der Waals surface area contributed by atoms with Crippen molar-refractivity contribution in [1.82, 2.24) is 15.4 Å². The highest BCUT2D eigenvalue weighted by Gasteiger charge is 2.30. The summed E-state index contributed by atoms with van der Waals surface area (Å²) in [5.41, 5.74) is 13.9. The second-order valence-corrected chi connectivity index (χ2v) is 15.5. The minimum absolute atomic E-state index is 0.763. The number of hydrogen-bond acceptors (Lipinski definition) is 6. The van der Waals surface area contributed by atoms with Crippen molar-refractivity contribution < 1.29 is 0 Å². The highest BCUT2D eigenvalue weighted by atomic mass is 32.1. The van der Waals surface area contributed by atoms with E-state index < -0.39 is 0 Å². The molecule has 4 heterocycles. The molecule has 0 amide bonds. The molecule has 2 aromatic heterocycles. The molecule has 5 nitrogen and oxygen atoms in total. The van der Waals surface area contributed by atoms with Crippen LogP contribution in [0.2, 0.25) is 0 Å². The van der Waals surface area contributed by atoms with Crippen molar-refractivity contribution in [2.75, 3.05) is 0 Å². The van der Waals surface area contributed by atoms with Crippen LogP contribution in [0.15, 0.2) is 186 Å². The third kappa shape index (κ3) is 4.84. The maximum atomic E-state index is 5.30. The smallest absolute Gasteiger partial charge is 0.105 e. The zero-order chi connectivity index (χ0) is 37.5. The molecular weight excluding hydrogens is 715 g/mol. The Bertz CT molecular complexity index is 3520. The van der Waals surface area contributed by atoms with Gasteiger partial charge in [-0.05, 0) is 63.9 Å². The summed E-state index contributed by atoms with van der Waals surface area (Å²) >= 11 is 1.84. The van der Waals surface area contributed by atoms with Gasteiger partial charge in [-0.25, -0.2) is 9.98 Å². The molecule has 0 unspecified atom stereocenters. The van der Waals surface area contributed by atoms with Gasteiger partial charge in [0.25, 0.3) is 0 Å². The van der Waals surface area contributed by atoms with Crippen LogP contribution in [0.3, 0.4) is 0 Å². The Morgan fingerprint density at radius 3 is 1.95 bits per heavy atom. The summed E-state index contributed by atoms with van der Waals surface area (Å²) in [6.45, 7) is 0. The maximum Gasteiger partial charge on any atom is 0.105 e. The molecular formula is C51H29N5S. The lowest BCUT2D eigenvalue weighted by atomic mass is 9.82. The second kappa shape index (κ2) is 12.6. The fourth-order valence-electron chi connectivity index (χ4n) is 8.84. The van der Waals surface area contributed by atoms with E-state index in [9.17, 15) is 0 Å². The normalized spacial score (nSPS) is 12.1. The standard InChI is InChI=1S/C51H29N5S/c1-3-14-30(15-4-1)44-49(31-16-5-2-6-17-31)54-56-55-51(44)36-20-8-7-19-34(36)46-35(33-22-13-25-43-45(33)38-21-10-12-24-42(38)57-43)26-28-40-47(46)48-41(52-40)29-27-37-32-18-9-11-23-39(32)53-50(37)48/h1-29H. The molecule has 10 aromatic rings. The largest absolute Gasteiger partial charge is 0.248 e. The van der Waals surface area contributed by atoms with Gasteiger partial charge in [0.05, 0.1) is 22.1 Å². The number of fused-ring (bicyclic) bond motifs is 9. The minimum atomic E-state index is 0.763. The van der Waals surface area contributed by atoms with Crippen LogP contribution in [0, 0.1) is 10.4 Å². The monoisotopic (exact) mass is 743 g/mol. The van der Waals surface area contributed by atoms with E-state index in [1.165, 1.54) is 25.7 Å². The zero-order valence-corrected chi connectivity index (χ0v) is 31.2. The average Bonchev–Trinajstić information content (AvgIpc) is 3.98. The summed E-state index contributed by atoms with van der Waals surface area (Å²) in [6.07, 6.45) is 0. The van der Waals surface area contributed by atoms with Gasteiger partial charge in [0.15, 0.2) is 0 Å². The van der Waals surface area contributed by atoms with Crippen molar-refractivity contribution in [1.29, 1.82) is 0 Å². The third-order valence-electron chi connectivity index (χ3n) is 11.3. The molecule has 57 heavy (non-hydrogen) atoms. The number of nitrogens with zero attached hydrogens (tertiary/aromatic N) is 5. The summed E-state index contributed by atoms with van der Waals surface area (Å²) in [4.78, 5) is 10.6. The van der Waals surface area contributed by atoms with Gasteiger partial charge in [-0.2, -0.15) is 0 Å². The summed E-state index contributed by atoms with van der Waals surface area (Å²) in [7, 11) is 0. The van der Waals surface area contributed by atoms with Crippen LogP contribution >= 0.6 is 11.3 Å². The predicted molar refractivity (Wildman–Crippen MR) is 231 cm³/mol. The number of thiophene rings is 1. The number of benzene rings is 8. The van der Waals surface area contributed by atoms with Crippen LogP contribution in [-0.2, 0) is 0 Å². The van der Waals surface area contributed by atoms with Crippen molar-refractivity contribution in [3.63, 3.8) is 0 Å². The van der Waals surface area contributed by atoms with E-state index in [1.807, 2.05) is 35.6 Å². The van der Waals surface area contributed by atoms with Crippen molar-refractivity contribution in [3.8, 4) is 67.0 Å². The molecule has 2 aliphatic heterocycles. The highest BCUT2D eigenvalue weighted by molar-refractivity contribution is 7.25. The molecule has 0 saturated carbocycles. The first-order valence-corrected chi connectivity index (χ1v) is 19.8. The van der Waals surface area contributed by atoms with Crippen molar-refractivity contribution >= 4 is 42.9 Å². The van der Waals surface area contributed by atoms with Gasteiger partial charge in [0.2, 0.25) is 0 Å². The topological polar surface area (TPSA) is 63.4 Å². The molecule has 0 saturated heterocycles. The first-order chi connectivity index (χ1) is 28.3. The molecule has 6 heteroatoms. The van der Waals surface area contributed by atoms with E-state index in [0.717, 1.165) is 94.0 Å². The van der Waals surface area contributed by atoms with Crippen LogP contribution in [0.1, 0.15) is 0 Å². The average molecular weight is 744 g/mol. The molecule has 0 radical (unpaired) electrons. The van der Waals surface area contributed by atoms with Gasteiger partial charge in [0.1, 0.15) is 11.4 Å². The molecule has 0 N–H and O–H groups in total. The lowest BCUT2D eigenvalue weighted by Gasteiger charge is -2.21. The van der Waals surface area contributed by atoms with Crippen LogP contribution in [0.5, 0.6) is 0 Å². The lowest BCUT2D eigenvalue weighted by Crippen LogP contribution is -2.03. The number of para-hydroxylation sites is 1. The molecule has 0 fully saturated rings. The molecule has 264 valence electrons. The molecule has 12 rings (SSSR count). The first-order valence-electron chi connectivity index (χ1n) is 19.0. The Morgan fingerprint density at radius 1 is 0.368 bits per heavy atom. The fraction of sp³-hybridized carbons (Fsp3) is 0. The van der Waals surface area contributed by atoms with Crippen molar-refractivity contribution in [2.24, 2.45) is 9.98 Å². The van der Waals surface area contributed by atoms with Crippen LogP contribution < -0.4 is 10.7 Å². The summed E-state index contributed by atoms with van der Waals surface area (Å²) in [5, 5.41) is 20.7. The Morgan fingerprint density at radius 2 is 1.07 bits per heavy atom. The van der Waals surface area contributed by atoms with Crippen LogP contribution in [0.4, 0.5) is 11.4 Å². The highest BCUT2D eigenvalue weighted by Crippen LogP contribution is 2.53. The SMILES string of the molecule is c1ccc(-c2nnnc(-c3ccccc3-c3c(-c4cccc5sc6ccccc6c45)ccc4c3-c3c5c(ccc3=N4)=c3ccccc3=N5)c2-c2ccccc2)cc1. The van der Waals surface area contributed by atoms with Crippen LogP contribution in [-0.4, -0.2) is 15.4 Å². The number of hydrogen-bond donors (Lipinski definition) is 0. The Kier molecular flexibility index (Phi) is 7.03.